The predicted octanol–water partition coefficient (Wildman–Crippen LogP) is 4.79. The fourth-order valence-corrected chi connectivity index (χ4v) is 2.99. The molecule has 1 N–H and O–H groups in total. The Morgan fingerprint density at radius 2 is 1.84 bits per heavy atom. The van der Waals surface area contributed by atoms with Gasteiger partial charge < -0.3 is 5.32 Å². The van der Waals surface area contributed by atoms with Crippen LogP contribution in [0.5, 0.6) is 0 Å². The molecule has 2 aromatic rings. The van der Waals surface area contributed by atoms with Gasteiger partial charge in [0.05, 0.1) is 6.04 Å². The van der Waals surface area contributed by atoms with Gasteiger partial charge in [0, 0.05) is 0 Å². The van der Waals surface area contributed by atoms with Crippen LogP contribution in [0.1, 0.15) is 42.9 Å². The summed E-state index contributed by atoms with van der Waals surface area (Å²) in [7, 11) is 0. The van der Waals surface area contributed by atoms with E-state index in [9.17, 15) is 0 Å². The largest absolute Gasteiger partial charge is 0.363 e. The van der Waals surface area contributed by atoms with Crippen LogP contribution in [0, 0.1) is 0 Å². The molecule has 0 saturated heterocycles. The number of benzene rings is 1. The number of fused-ring (bicyclic) bond motifs is 1. The van der Waals surface area contributed by atoms with Crippen molar-refractivity contribution in [1.82, 2.24) is 4.98 Å². The Kier molecular flexibility index (Phi) is 3.43. The van der Waals surface area contributed by atoms with Gasteiger partial charge >= 0.3 is 0 Å². The average Bonchev–Trinajstić information content (AvgIpc) is 2.42. The second-order valence-corrected chi connectivity index (χ2v) is 5.54. The smallest absolute Gasteiger partial charge is 0.131 e. The van der Waals surface area contributed by atoms with Gasteiger partial charge in [-0.15, -0.1) is 0 Å². The summed E-state index contributed by atoms with van der Waals surface area (Å²) in [5.74, 6) is 1.49. The average molecular weight is 273 g/mol. The molecule has 3 heteroatoms. The summed E-state index contributed by atoms with van der Waals surface area (Å²) in [5.41, 5.74) is 2.84. The minimum atomic E-state index is 0.332. The van der Waals surface area contributed by atoms with E-state index < -0.39 is 0 Å². The van der Waals surface area contributed by atoms with Crippen molar-refractivity contribution in [3.8, 4) is 0 Å². The van der Waals surface area contributed by atoms with E-state index in [1.807, 2.05) is 12.1 Å². The van der Waals surface area contributed by atoms with E-state index in [-0.39, 0.29) is 0 Å². The zero-order valence-electron chi connectivity index (χ0n) is 10.9. The summed E-state index contributed by atoms with van der Waals surface area (Å²) in [5, 5.41) is 4.03. The molecule has 2 unspecified atom stereocenters. The summed E-state index contributed by atoms with van der Waals surface area (Å²) in [6.07, 6.45) is 2.33. The van der Waals surface area contributed by atoms with Gasteiger partial charge in [-0.25, -0.2) is 4.98 Å². The maximum absolute atomic E-state index is 5.93. The molecule has 0 bridgehead atoms. The summed E-state index contributed by atoms with van der Waals surface area (Å²) in [6.45, 7) is 2.30. The first kappa shape index (κ1) is 12.5. The Hall–Kier alpha value is -1.54. The molecule has 19 heavy (non-hydrogen) atoms. The third-order valence-electron chi connectivity index (χ3n) is 3.83. The van der Waals surface area contributed by atoms with Crippen LogP contribution < -0.4 is 5.32 Å². The lowest BCUT2D eigenvalue weighted by Crippen LogP contribution is -2.19. The second-order valence-electron chi connectivity index (χ2n) is 5.15. The van der Waals surface area contributed by atoms with Crippen molar-refractivity contribution in [3.05, 3.63) is 58.7 Å². The van der Waals surface area contributed by atoms with Crippen molar-refractivity contribution in [2.45, 2.75) is 31.7 Å². The zero-order valence-corrected chi connectivity index (χ0v) is 11.7. The lowest BCUT2D eigenvalue weighted by atomic mass is 9.81. The minimum Gasteiger partial charge on any atom is -0.363 e. The van der Waals surface area contributed by atoms with Crippen LogP contribution in [0.2, 0.25) is 5.15 Å². The molecule has 2 nitrogen and oxygen atoms in total. The van der Waals surface area contributed by atoms with Gasteiger partial charge in [-0.1, -0.05) is 48.9 Å². The van der Waals surface area contributed by atoms with Crippen LogP contribution in [0.15, 0.2) is 42.5 Å². The van der Waals surface area contributed by atoms with Crippen molar-refractivity contribution in [2.24, 2.45) is 0 Å². The van der Waals surface area contributed by atoms with E-state index in [2.05, 4.69) is 41.5 Å². The molecule has 0 amide bonds. The van der Waals surface area contributed by atoms with Gasteiger partial charge in [0.2, 0.25) is 0 Å². The first-order chi connectivity index (χ1) is 9.24. The Labute approximate surface area is 118 Å². The van der Waals surface area contributed by atoms with Gasteiger partial charge in [-0.2, -0.15) is 0 Å². The monoisotopic (exact) mass is 272 g/mol. The van der Waals surface area contributed by atoms with E-state index in [1.165, 1.54) is 17.5 Å². The third-order valence-corrected chi connectivity index (χ3v) is 4.04. The van der Waals surface area contributed by atoms with Gasteiger partial charge in [-0.05, 0) is 42.0 Å². The molecule has 3 rings (SSSR count). The number of hydrogen-bond donors (Lipinski definition) is 1. The van der Waals surface area contributed by atoms with Crippen LogP contribution in [0.3, 0.4) is 0 Å². The highest BCUT2D eigenvalue weighted by Crippen LogP contribution is 2.38. The first-order valence-corrected chi connectivity index (χ1v) is 7.10. The molecule has 1 aliphatic carbocycles. The fraction of sp³-hybridized carbons (Fsp3) is 0.312. The summed E-state index contributed by atoms with van der Waals surface area (Å²) < 4.78 is 0. The molecule has 0 fully saturated rings. The second kappa shape index (κ2) is 5.22. The van der Waals surface area contributed by atoms with E-state index >= 15 is 0 Å². The molecular weight excluding hydrogens is 256 g/mol. The van der Waals surface area contributed by atoms with E-state index in [0.29, 0.717) is 17.1 Å². The molecule has 2 atom stereocenters. The molecule has 1 aromatic carbocycles. The number of nitrogens with one attached hydrogen (secondary N) is 1. The molecule has 1 aromatic heterocycles. The molecule has 0 spiro atoms. The molecule has 1 heterocycles. The van der Waals surface area contributed by atoms with E-state index in [4.69, 9.17) is 11.6 Å². The standard InChI is InChI=1S/C16H17ClN2/c1-11-9-10-14(13-6-3-2-5-12(11)13)18-16-8-4-7-15(17)19-16/h2-8,11,14H,9-10H2,1H3,(H,18,19). The maximum Gasteiger partial charge on any atom is 0.131 e. The predicted molar refractivity (Wildman–Crippen MR) is 79.7 cm³/mol. The van der Waals surface area contributed by atoms with Crippen LogP contribution in [0.4, 0.5) is 5.82 Å². The van der Waals surface area contributed by atoms with E-state index in [1.54, 1.807) is 6.07 Å². The Balaban J connectivity index is 1.89. The van der Waals surface area contributed by atoms with Crippen molar-refractivity contribution >= 4 is 17.4 Å². The lowest BCUT2D eigenvalue weighted by molar-refractivity contribution is 0.533. The maximum atomic E-state index is 5.93. The topological polar surface area (TPSA) is 24.9 Å². The summed E-state index contributed by atoms with van der Waals surface area (Å²) >= 11 is 5.93. The van der Waals surface area contributed by atoms with Crippen molar-refractivity contribution < 1.29 is 0 Å². The van der Waals surface area contributed by atoms with Gasteiger partial charge in [0.25, 0.3) is 0 Å². The Morgan fingerprint density at radius 3 is 2.63 bits per heavy atom. The molecule has 0 aliphatic heterocycles. The third kappa shape index (κ3) is 2.59. The number of anilines is 1. The zero-order chi connectivity index (χ0) is 13.2. The van der Waals surface area contributed by atoms with Crippen LogP contribution in [-0.4, -0.2) is 4.98 Å². The molecule has 0 saturated carbocycles. The quantitative estimate of drug-likeness (QED) is 0.796. The highest BCUT2D eigenvalue weighted by Gasteiger charge is 2.24. The van der Waals surface area contributed by atoms with Gasteiger partial charge in [0.1, 0.15) is 11.0 Å². The highest BCUT2D eigenvalue weighted by molar-refractivity contribution is 6.29. The highest BCUT2D eigenvalue weighted by atomic mass is 35.5. The molecule has 98 valence electrons. The first-order valence-electron chi connectivity index (χ1n) is 6.72. The number of pyridine rings is 1. The van der Waals surface area contributed by atoms with E-state index in [0.717, 1.165) is 12.2 Å². The van der Waals surface area contributed by atoms with Crippen molar-refractivity contribution in [1.29, 1.82) is 0 Å². The van der Waals surface area contributed by atoms with Crippen LogP contribution >= 0.6 is 11.6 Å². The number of nitrogens with zero attached hydrogens (tertiary/aromatic N) is 1. The van der Waals surface area contributed by atoms with Gasteiger partial charge in [-0.3, -0.25) is 0 Å². The SMILES string of the molecule is CC1CCC(Nc2cccc(Cl)n2)c2ccccc21. The molecule has 0 radical (unpaired) electrons. The summed E-state index contributed by atoms with van der Waals surface area (Å²) in [6, 6.07) is 14.7. The number of rotatable bonds is 2. The molecule has 1 aliphatic rings. The Morgan fingerprint density at radius 1 is 1.05 bits per heavy atom. The fourth-order valence-electron chi connectivity index (χ4n) is 2.82. The normalized spacial score (nSPS) is 21.8. The summed E-state index contributed by atoms with van der Waals surface area (Å²) in [4.78, 5) is 4.31. The van der Waals surface area contributed by atoms with Crippen LogP contribution in [0.25, 0.3) is 0 Å². The van der Waals surface area contributed by atoms with Crippen molar-refractivity contribution in [3.63, 3.8) is 0 Å². The number of halogens is 1. The lowest BCUT2D eigenvalue weighted by Gasteiger charge is -2.30. The number of aromatic nitrogens is 1. The van der Waals surface area contributed by atoms with Crippen molar-refractivity contribution in [2.75, 3.05) is 5.32 Å². The number of hydrogen-bond acceptors (Lipinski definition) is 2. The van der Waals surface area contributed by atoms with Crippen LogP contribution in [-0.2, 0) is 0 Å². The molecular formula is C16H17ClN2. The minimum absolute atomic E-state index is 0.332. The van der Waals surface area contributed by atoms with Gasteiger partial charge in [0.15, 0.2) is 0 Å². The Bertz CT molecular complexity index is 582.